The number of ether oxygens (including phenoxy) is 3. The summed E-state index contributed by atoms with van der Waals surface area (Å²) in [6, 6.07) is 7.06. The van der Waals surface area contributed by atoms with E-state index in [4.69, 9.17) is 14.2 Å². The maximum Gasteiger partial charge on any atom is 0.363 e. The van der Waals surface area contributed by atoms with E-state index in [1.807, 2.05) is 0 Å². The van der Waals surface area contributed by atoms with Crippen LogP contribution in [0, 0.1) is 0 Å². The number of carbonyl (C=O) groups is 1. The Morgan fingerprint density at radius 2 is 2.00 bits per heavy atom. The van der Waals surface area contributed by atoms with Crippen LogP contribution in [-0.2, 0) is 9.53 Å². The normalized spacial score (nSPS) is 15.2. The molecule has 2 aromatic rings. The number of nitrogens with zero attached hydrogens (tertiary/aromatic N) is 2. The van der Waals surface area contributed by atoms with Crippen molar-refractivity contribution in [2.75, 3.05) is 14.2 Å². The quantitative estimate of drug-likeness (QED) is 0.593. The van der Waals surface area contributed by atoms with Gasteiger partial charge in [-0.1, -0.05) is 0 Å². The Balaban J connectivity index is 2.00. The highest BCUT2D eigenvalue weighted by molar-refractivity contribution is 9.10. The third kappa shape index (κ3) is 3.30. The molecule has 0 N–H and O–H groups in total. The second-order valence-corrected chi connectivity index (χ2v) is 5.75. The number of pyridine rings is 1. The zero-order chi connectivity index (χ0) is 17.1. The summed E-state index contributed by atoms with van der Waals surface area (Å²) >= 11 is 3.32. The number of halogens is 1. The average Bonchev–Trinajstić information content (AvgIpc) is 2.95. The number of aliphatic imine (C=N–C) groups is 1. The number of benzene rings is 1. The molecular formula is C17H13BrN2O4. The van der Waals surface area contributed by atoms with E-state index >= 15 is 0 Å². The maximum atomic E-state index is 12.1. The van der Waals surface area contributed by atoms with Crippen LogP contribution in [0.1, 0.15) is 11.1 Å². The lowest BCUT2D eigenvalue weighted by Gasteiger charge is -2.07. The largest absolute Gasteiger partial charge is 0.497 e. The van der Waals surface area contributed by atoms with E-state index in [1.165, 1.54) is 0 Å². The summed E-state index contributed by atoms with van der Waals surface area (Å²) in [7, 11) is 3.12. The zero-order valence-electron chi connectivity index (χ0n) is 12.9. The van der Waals surface area contributed by atoms with Gasteiger partial charge in [0.25, 0.3) is 0 Å². The molecule has 0 unspecified atom stereocenters. The van der Waals surface area contributed by atoms with Gasteiger partial charge in [-0.05, 0) is 46.3 Å². The third-order valence-electron chi connectivity index (χ3n) is 3.30. The first-order valence-corrected chi connectivity index (χ1v) is 7.75. The molecule has 0 atom stereocenters. The van der Waals surface area contributed by atoms with Crippen molar-refractivity contribution < 1.29 is 19.0 Å². The van der Waals surface area contributed by atoms with Crippen LogP contribution >= 0.6 is 15.9 Å². The fourth-order valence-corrected chi connectivity index (χ4v) is 2.53. The number of cyclic esters (lactones) is 1. The van der Waals surface area contributed by atoms with Crippen LogP contribution in [-0.4, -0.2) is 31.1 Å². The second kappa shape index (κ2) is 6.84. The van der Waals surface area contributed by atoms with Crippen LogP contribution in [0.25, 0.3) is 6.08 Å². The first kappa shape index (κ1) is 16.2. The van der Waals surface area contributed by atoms with E-state index in [-0.39, 0.29) is 11.6 Å². The number of hydrogen-bond acceptors (Lipinski definition) is 6. The highest BCUT2D eigenvalue weighted by Crippen LogP contribution is 2.28. The Kier molecular flexibility index (Phi) is 4.61. The van der Waals surface area contributed by atoms with Gasteiger partial charge in [0.2, 0.25) is 5.90 Å². The Hall–Kier alpha value is -2.67. The van der Waals surface area contributed by atoms with Crippen molar-refractivity contribution in [2.24, 2.45) is 4.99 Å². The second-order valence-electron chi connectivity index (χ2n) is 4.84. The van der Waals surface area contributed by atoms with Crippen molar-refractivity contribution >= 4 is 33.9 Å². The van der Waals surface area contributed by atoms with Gasteiger partial charge in [-0.15, -0.1) is 0 Å². The smallest absolute Gasteiger partial charge is 0.363 e. The van der Waals surface area contributed by atoms with E-state index in [0.29, 0.717) is 22.6 Å². The molecule has 24 heavy (non-hydrogen) atoms. The van der Waals surface area contributed by atoms with Gasteiger partial charge in [0.05, 0.1) is 19.8 Å². The molecule has 0 saturated heterocycles. The number of carbonyl (C=O) groups excluding carboxylic acids is 1. The van der Waals surface area contributed by atoms with Gasteiger partial charge in [0, 0.05) is 22.4 Å². The van der Waals surface area contributed by atoms with Crippen LogP contribution in [0.4, 0.5) is 0 Å². The molecule has 3 rings (SSSR count). The van der Waals surface area contributed by atoms with E-state index < -0.39 is 5.97 Å². The molecule has 0 spiro atoms. The van der Waals surface area contributed by atoms with Crippen LogP contribution in [0.2, 0.25) is 0 Å². The van der Waals surface area contributed by atoms with Gasteiger partial charge in [-0.3, -0.25) is 4.98 Å². The van der Waals surface area contributed by atoms with Crippen molar-refractivity contribution in [1.82, 2.24) is 4.98 Å². The van der Waals surface area contributed by atoms with Crippen LogP contribution in [0.15, 0.2) is 51.8 Å². The van der Waals surface area contributed by atoms with E-state index in [2.05, 4.69) is 25.9 Å². The lowest BCUT2D eigenvalue weighted by atomic mass is 10.1. The monoisotopic (exact) mass is 388 g/mol. The molecule has 1 aliphatic rings. The molecule has 1 aromatic carbocycles. The predicted molar refractivity (Wildman–Crippen MR) is 92.1 cm³/mol. The van der Waals surface area contributed by atoms with Gasteiger partial charge >= 0.3 is 5.97 Å². The predicted octanol–water partition coefficient (Wildman–Crippen LogP) is 3.21. The molecule has 0 amide bonds. The molecule has 1 aliphatic heterocycles. The van der Waals surface area contributed by atoms with Crippen LogP contribution in [0.5, 0.6) is 11.5 Å². The molecule has 6 nitrogen and oxygen atoms in total. The lowest BCUT2D eigenvalue weighted by Crippen LogP contribution is -2.05. The summed E-state index contributed by atoms with van der Waals surface area (Å²) in [5.74, 6) is 0.926. The zero-order valence-corrected chi connectivity index (χ0v) is 14.5. The lowest BCUT2D eigenvalue weighted by molar-refractivity contribution is -0.129. The molecule has 0 fully saturated rings. The van der Waals surface area contributed by atoms with Gasteiger partial charge in [0.15, 0.2) is 5.70 Å². The van der Waals surface area contributed by atoms with Crippen molar-refractivity contribution in [1.29, 1.82) is 0 Å². The molecule has 7 heteroatoms. The number of rotatable bonds is 4. The number of aromatic nitrogens is 1. The summed E-state index contributed by atoms with van der Waals surface area (Å²) in [5.41, 5.74) is 1.46. The Morgan fingerprint density at radius 1 is 1.17 bits per heavy atom. The molecule has 0 bridgehead atoms. The Morgan fingerprint density at radius 3 is 2.71 bits per heavy atom. The molecule has 0 saturated carbocycles. The topological polar surface area (TPSA) is 70.0 Å². The Bertz CT molecular complexity index is 861. The fraction of sp³-hybridized carbons (Fsp3) is 0.118. The molecule has 0 radical (unpaired) electrons. The number of hydrogen-bond donors (Lipinski definition) is 0. The van der Waals surface area contributed by atoms with E-state index in [1.54, 1.807) is 57.0 Å². The number of methoxy groups -OCH3 is 2. The summed E-state index contributed by atoms with van der Waals surface area (Å²) < 4.78 is 16.5. The molecule has 1 aromatic heterocycles. The van der Waals surface area contributed by atoms with E-state index in [9.17, 15) is 4.79 Å². The Labute approximate surface area is 146 Å². The third-order valence-corrected chi connectivity index (χ3v) is 3.74. The summed E-state index contributed by atoms with van der Waals surface area (Å²) in [5, 5.41) is 0. The summed E-state index contributed by atoms with van der Waals surface area (Å²) in [6.07, 6.45) is 4.81. The van der Waals surface area contributed by atoms with Crippen molar-refractivity contribution in [3.05, 3.63) is 58.0 Å². The molecule has 0 aliphatic carbocycles. The highest BCUT2D eigenvalue weighted by Gasteiger charge is 2.25. The maximum absolute atomic E-state index is 12.1. The van der Waals surface area contributed by atoms with Gasteiger partial charge in [0.1, 0.15) is 11.5 Å². The molecule has 122 valence electrons. The molecular weight excluding hydrogens is 376 g/mol. The first-order chi connectivity index (χ1) is 11.6. The SMILES string of the molecule is COc1ccc(OC)c(C=C2N=C(c3cncc(Br)c3)OC2=O)c1. The molecule has 2 heterocycles. The van der Waals surface area contributed by atoms with Crippen molar-refractivity contribution in [3.8, 4) is 11.5 Å². The minimum atomic E-state index is -0.533. The fourth-order valence-electron chi connectivity index (χ4n) is 2.16. The van der Waals surface area contributed by atoms with Gasteiger partial charge in [-0.2, -0.15) is 0 Å². The number of esters is 1. The summed E-state index contributed by atoms with van der Waals surface area (Å²) in [6.45, 7) is 0. The highest BCUT2D eigenvalue weighted by atomic mass is 79.9. The summed E-state index contributed by atoms with van der Waals surface area (Å²) in [4.78, 5) is 20.4. The van der Waals surface area contributed by atoms with Gasteiger partial charge in [-0.25, -0.2) is 9.79 Å². The van der Waals surface area contributed by atoms with Crippen molar-refractivity contribution in [2.45, 2.75) is 0 Å². The standard InChI is InChI=1S/C17H13BrN2O4/c1-22-13-3-4-15(23-2)10(6-13)7-14-17(21)24-16(20-14)11-5-12(18)9-19-8-11/h3-9H,1-2H3. The van der Waals surface area contributed by atoms with E-state index in [0.717, 1.165) is 4.47 Å². The van der Waals surface area contributed by atoms with Crippen molar-refractivity contribution in [3.63, 3.8) is 0 Å². The minimum absolute atomic E-state index is 0.177. The van der Waals surface area contributed by atoms with Gasteiger partial charge < -0.3 is 14.2 Å². The first-order valence-electron chi connectivity index (χ1n) is 6.96. The average molecular weight is 389 g/mol. The van der Waals surface area contributed by atoms with Crippen LogP contribution < -0.4 is 9.47 Å². The van der Waals surface area contributed by atoms with Crippen LogP contribution in [0.3, 0.4) is 0 Å². The minimum Gasteiger partial charge on any atom is -0.497 e.